The third kappa shape index (κ3) is 5.82. The molecule has 1 heterocycles. The van der Waals surface area contributed by atoms with Crippen molar-refractivity contribution in [2.75, 3.05) is 12.4 Å². The Morgan fingerprint density at radius 1 is 1.04 bits per heavy atom. The van der Waals surface area contributed by atoms with Gasteiger partial charge in [-0.15, -0.1) is 11.3 Å². The molecule has 0 aliphatic heterocycles. The summed E-state index contributed by atoms with van der Waals surface area (Å²) in [5.41, 5.74) is 0.556. The molecule has 0 aliphatic carbocycles. The third-order valence-corrected chi connectivity index (χ3v) is 4.84. The Labute approximate surface area is 168 Å². The smallest absolute Gasteiger partial charge is 0.329 e. The van der Waals surface area contributed by atoms with Crippen LogP contribution in [0.4, 0.5) is 5.69 Å². The monoisotopic (exact) mass is 404 g/mol. The molecule has 2 N–H and O–H groups in total. The fourth-order valence-electron chi connectivity index (χ4n) is 2.34. The standard InChI is InChI=1S/C20H24N2O5S/c1-12(2)17(22-19(24)16-6-5-11-28-16)20(25)27-13(3)18(23)21-14-7-9-15(26-4)10-8-14/h5-13,17H,1-4H3,(H,21,23)(H,22,24)/t13-,17+/m1/s1. The normalized spacial score (nSPS) is 12.8. The number of methoxy groups -OCH3 is 1. The molecule has 2 aromatic rings. The zero-order chi connectivity index (χ0) is 20.7. The van der Waals surface area contributed by atoms with Crippen LogP contribution in [-0.2, 0) is 14.3 Å². The van der Waals surface area contributed by atoms with Crippen molar-refractivity contribution in [2.24, 2.45) is 5.92 Å². The molecule has 0 radical (unpaired) electrons. The van der Waals surface area contributed by atoms with Crippen LogP contribution in [0, 0.1) is 5.92 Å². The van der Waals surface area contributed by atoms with Gasteiger partial charge in [0.15, 0.2) is 6.10 Å². The highest BCUT2D eigenvalue weighted by Crippen LogP contribution is 2.16. The summed E-state index contributed by atoms with van der Waals surface area (Å²) in [6.45, 7) is 5.07. The number of hydrogen-bond donors (Lipinski definition) is 2. The molecule has 0 bridgehead atoms. The molecule has 150 valence electrons. The average molecular weight is 404 g/mol. The van der Waals surface area contributed by atoms with Crippen LogP contribution in [0.15, 0.2) is 41.8 Å². The van der Waals surface area contributed by atoms with Gasteiger partial charge in [-0.25, -0.2) is 4.79 Å². The zero-order valence-corrected chi connectivity index (χ0v) is 17.0. The first-order valence-electron chi connectivity index (χ1n) is 8.81. The number of ether oxygens (including phenoxy) is 2. The van der Waals surface area contributed by atoms with Crippen LogP contribution < -0.4 is 15.4 Å². The summed E-state index contributed by atoms with van der Waals surface area (Å²) in [5, 5.41) is 7.13. The lowest BCUT2D eigenvalue weighted by atomic mass is 10.0. The summed E-state index contributed by atoms with van der Waals surface area (Å²) in [7, 11) is 1.55. The van der Waals surface area contributed by atoms with Crippen LogP contribution in [-0.4, -0.2) is 37.0 Å². The van der Waals surface area contributed by atoms with Crippen molar-refractivity contribution >= 4 is 34.8 Å². The van der Waals surface area contributed by atoms with Gasteiger partial charge in [0.25, 0.3) is 11.8 Å². The Morgan fingerprint density at radius 2 is 1.71 bits per heavy atom. The second kappa shape index (κ2) is 9.89. The van der Waals surface area contributed by atoms with E-state index < -0.39 is 24.0 Å². The summed E-state index contributed by atoms with van der Waals surface area (Å²) >= 11 is 1.28. The molecule has 2 rings (SSSR count). The van der Waals surface area contributed by atoms with Gasteiger partial charge < -0.3 is 20.1 Å². The molecule has 0 fully saturated rings. The molecule has 2 atom stereocenters. The molecule has 8 heteroatoms. The van der Waals surface area contributed by atoms with E-state index in [0.717, 1.165) is 0 Å². The number of anilines is 1. The van der Waals surface area contributed by atoms with Gasteiger partial charge in [0.1, 0.15) is 11.8 Å². The molecule has 0 saturated carbocycles. The van der Waals surface area contributed by atoms with Gasteiger partial charge in [-0.2, -0.15) is 0 Å². The lowest BCUT2D eigenvalue weighted by Crippen LogP contribution is -2.47. The summed E-state index contributed by atoms with van der Waals surface area (Å²) in [6, 6.07) is 9.36. The quantitative estimate of drug-likeness (QED) is 0.660. The Morgan fingerprint density at radius 3 is 2.25 bits per heavy atom. The molecule has 1 aromatic heterocycles. The summed E-state index contributed by atoms with van der Waals surface area (Å²) in [5.74, 6) is -1.00. The van der Waals surface area contributed by atoms with E-state index in [0.29, 0.717) is 16.3 Å². The maximum Gasteiger partial charge on any atom is 0.329 e. The predicted octanol–water partition coefficient (Wildman–Crippen LogP) is 3.08. The second-order valence-corrected chi connectivity index (χ2v) is 7.42. The maximum absolute atomic E-state index is 12.5. The average Bonchev–Trinajstić information content (AvgIpc) is 3.21. The van der Waals surface area contributed by atoms with Gasteiger partial charge in [0.2, 0.25) is 0 Å². The van der Waals surface area contributed by atoms with Gasteiger partial charge in [-0.3, -0.25) is 9.59 Å². The number of hydrogen-bond acceptors (Lipinski definition) is 6. The highest BCUT2D eigenvalue weighted by molar-refractivity contribution is 7.12. The first kappa shape index (κ1) is 21.4. The molecule has 28 heavy (non-hydrogen) atoms. The van der Waals surface area contributed by atoms with E-state index >= 15 is 0 Å². The van der Waals surface area contributed by atoms with Crippen molar-refractivity contribution in [1.82, 2.24) is 5.32 Å². The molecule has 2 amide bonds. The highest BCUT2D eigenvalue weighted by atomic mass is 32.1. The Balaban J connectivity index is 1.95. The number of carbonyl (C=O) groups excluding carboxylic acids is 3. The van der Waals surface area contributed by atoms with E-state index in [-0.39, 0.29) is 11.8 Å². The molecule has 7 nitrogen and oxygen atoms in total. The summed E-state index contributed by atoms with van der Waals surface area (Å²) in [4.78, 5) is 37.6. The SMILES string of the molecule is COc1ccc(NC(=O)[C@@H](C)OC(=O)[C@@H](NC(=O)c2cccs2)C(C)C)cc1. The largest absolute Gasteiger partial charge is 0.497 e. The van der Waals surface area contributed by atoms with Crippen LogP contribution in [0.25, 0.3) is 0 Å². The summed E-state index contributed by atoms with van der Waals surface area (Å²) in [6.07, 6.45) is -1.02. The third-order valence-electron chi connectivity index (χ3n) is 3.97. The van der Waals surface area contributed by atoms with Crippen LogP contribution in [0.3, 0.4) is 0 Å². The van der Waals surface area contributed by atoms with Crippen molar-refractivity contribution < 1.29 is 23.9 Å². The number of nitrogens with one attached hydrogen (secondary N) is 2. The minimum atomic E-state index is -1.02. The van der Waals surface area contributed by atoms with Gasteiger partial charge >= 0.3 is 5.97 Å². The fourth-order valence-corrected chi connectivity index (χ4v) is 2.96. The number of esters is 1. The number of carbonyl (C=O) groups is 3. The minimum Gasteiger partial charge on any atom is -0.497 e. The predicted molar refractivity (Wildman–Crippen MR) is 108 cm³/mol. The summed E-state index contributed by atoms with van der Waals surface area (Å²) < 4.78 is 10.3. The van der Waals surface area contributed by atoms with Crippen molar-refractivity contribution in [3.63, 3.8) is 0 Å². The maximum atomic E-state index is 12.5. The van der Waals surface area contributed by atoms with Crippen LogP contribution in [0.2, 0.25) is 0 Å². The van der Waals surface area contributed by atoms with Crippen molar-refractivity contribution in [1.29, 1.82) is 0 Å². The molecule has 0 aliphatic rings. The highest BCUT2D eigenvalue weighted by Gasteiger charge is 2.29. The Kier molecular flexibility index (Phi) is 7.57. The van der Waals surface area contributed by atoms with Crippen molar-refractivity contribution in [3.8, 4) is 5.75 Å². The molecule has 0 saturated heterocycles. The number of thiophene rings is 1. The molecule has 0 unspecified atom stereocenters. The molecular weight excluding hydrogens is 380 g/mol. The first-order valence-corrected chi connectivity index (χ1v) is 9.69. The first-order chi connectivity index (χ1) is 13.3. The van der Waals surface area contributed by atoms with E-state index in [4.69, 9.17) is 9.47 Å². The number of rotatable bonds is 8. The van der Waals surface area contributed by atoms with Crippen molar-refractivity contribution in [2.45, 2.75) is 32.9 Å². The van der Waals surface area contributed by atoms with Crippen LogP contribution in [0.5, 0.6) is 5.75 Å². The van der Waals surface area contributed by atoms with E-state index in [1.54, 1.807) is 62.7 Å². The molecule has 1 aromatic carbocycles. The minimum absolute atomic E-state index is 0.201. The topological polar surface area (TPSA) is 93.7 Å². The van der Waals surface area contributed by atoms with E-state index in [1.165, 1.54) is 18.3 Å². The van der Waals surface area contributed by atoms with Gasteiger partial charge in [0, 0.05) is 5.69 Å². The van der Waals surface area contributed by atoms with Gasteiger partial charge in [-0.05, 0) is 48.6 Å². The fraction of sp³-hybridized carbons (Fsp3) is 0.350. The Bertz CT molecular complexity index is 803. The second-order valence-electron chi connectivity index (χ2n) is 6.47. The number of amides is 2. The molecule has 0 spiro atoms. The zero-order valence-electron chi connectivity index (χ0n) is 16.2. The van der Waals surface area contributed by atoms with Gasteiger partial charge in [0.05, 0.1) is 12.0 Å². The van der Waals surface area contributed by atoms with E-state index in [9.17, 15) is 14.4 Å². The molecular formula is C20H24N2O5S. The van der Waals surface area contributed by atoms with E-state index in [2.05, 4.69) is 10.6 Å². The van der Waals surface area contributed by atoms with Crippen LogP contribution in [0.1, 0.15) is 30.4 Å². The van der Waals surface area contributed by atoms with Crippen molar-refractivity contribution in [3.05, 3.63) is 46.7 Å². The lowest BCUT2D eigenvalue weighted by Gasteiger charge is -2.22. The van der Waals surface area contributed by atoms with E-state index in [1.807, 2.05) is 0 Å². The Hall–Kier alpha value is -2.87. The number of benzene rings is 1. The lowest BCUT2D eigenvalue weighted by molar-refractivity contribution is -0.156. The van der Waals surface area contributed by atoms with Gasteiger partial charge in [-0.1, -0.05) is 19.9 Å². The van der Waals surface area contributed by atoms with Crippen LogP contribution >= 0.6 is 11.3 Å².